The number of nitrogens with two attached hydrogens (primary N) is 1. The second kappa shape index (κ2) is 4.02. The summed E-state index contributed by atoms with van der Waals surface area (Å²) in [5, 5.41) is 0.812. The SMILES string of the molecule is NC1CCN(C2CC2)C1c1cccc(Cl)c1. The van der Waals surface area contributed by atoms with Crippen molar-refractivity contribution in [2.75, 3.05) is 6.54 Å². The minimum atomic E-state index is 0.263. The van der Waals surface area contributed by atoms with Crippen LogP contribution in [0, 0.1) is 0 Å². The number of halogens is 1. The Labute approximate surface area is 101 Å². The van der Waals surface area contributed by atoms with Crippen LogP contribution in [0.5, 0.6) is 0 Å². The molecule has 0 aromatic heterocycles. The summed E-state index contributed by atoms with van der Waals surface area (Å²) in [4.78, 5) is 2.57. The molecule has 2 atom stereocenters. The number of hydrogen-bond acceptors (Lipinski definition) is 2. The zero-order valence-corrected chi connectivity index (χ0v) is 10.0. The van der Waals surface area contributed by atoms with Gasteiger partial charge in [-0.2, -0.15) is 0 Å². The Kier molecular flexibility index (Phi) is 2.66. The Bertz CT molecular complexity index is 389. The fourth-order valence-electron chi connectivity index (χ4n) is 2.79. The fourth-order valence-corrected chi connectivity index (χ4v) is 2.98. The maximum Gasteiger partial charge on any atom is 0.0503 e. The van der Waals surface area contributed by atoms with Crippen LogP contribution in [0.3, 0.4) is 0 Å². The standard InChI is InChI=1S/C13H17ClN2/c14-10-3-1-2-9(8-10)13-12(15)6-7-16(13)11-4-5-11/h1-3,8,11-13H,4-7,15H2. The maximum absolute atomic E-state index is 6.23. The van der Waals surface area contributed by atoms with E-state index in [4.69, 9.17) is 17.3 Å². The van der Waals surface area contributed by atoms with Crippen molar-refractivity contribution in [1.82, 2.24) is 4.90 Å². The first kappa shape index (κ1) is 10.6. The molecule has 16 heavy (non-hydrogen) atoms. The molecule has 1 saturated carbocycles. The number of nitrogens with zero attached hydrogens (tertiary/aromatic N) is 1. The van der Waals surface area contributed by atoms with Gasteiger partial charge in [-0.3, -0.25) is 4.90 Å². The number of rotatable bonds is 2. The number of likely N-dealkylation sites (tertiary alicyclic amines) is 1. The van der Waals surface area contributed by atoms with Crippen molar-refractivity contribution in [3.05, 3.63) is 34.9 Å². The second-order valence-electron chi connectivity index (χ2n) is 4.92. The molecule has 0 spiro atoms. The third-order valence-corrected chi connectivity index (χ3v) is 3.92. The molecule has 2 aliphatic rings. The topological polar surface area (TPSA) is 29.3 Å². The van der Waals surface area contributed by atoms with E-state index >= 15 is 0 Å². The average molecular weight is 237 g/mol. The Morgan fingerprint density at radius 1 is 1.25 bits per heavy atom. The van der Waals surface area contributed by atoms with Crippen LogP contribution in [0.2, 0.25) is 5.02 Å². The molecule has 1 saturated heterocycles. The van der Waals surface area contributed by atoms with Gasteiger partial charge in [0.25, 0.3) is 0 Å². The van der Waals surface area contributed by atoms with Crippen molar-refractivity contribution in [3.8, 4) is 0 Å². The van der Waals surface area contributed by atoms with Gasteiger partial charge in [-0.05, 0) is 37.0 Å². The highest BCUT2D eigenvalue weighted by Crippen LogP contribution is 2.40. The highest BCUT2D eigenvalue weighted by Gasteiger charge is 2.41. The van der Waals surface area contributed by atoms with Crippen molar-refractivity contribution in [1.29, 1.82) is 0 Å². The molecular formula is C13H17ClN2. The molecule has 2 fully saturated rings. The van der Waals surface area contributed by atoms with Gasteiger partial charge in [0.05, 0.1) is 6.04 Å². The summed E-state index contributed by atoms with van der Waals surface area (Å²) in [5.41, 5.74) is 7.51. The van der Waals surface area contributed by atoms with Gasteiger partial charge >= 0.3 is 0 Å². The van der Waals surface area contributed by atoms with E-state index in [-0.39, 0.29) is 6.04 Å². The van der Waals surface area contributed by atoms with Gasteiger partial charge in [-0.15, -0.1) is 0 Å². The molecular weight excluding hydrogens is 220 g/mol. The predicted octanol–water partition coefficient (Wildman–Crippen LogP) is 2.58. The fraction of sp³-hybridized carbons (Fsp3) is 0.538. The molecule has 2 N–H and O–H groups in total. The highest BCUT2D eigenvalue weighted by molar-refractivity contribution is 6.30. The van der Waals surface area contributed by atoms with Crippen molar-refractivity contribution in [2.45, 2.75) is 37.4 Å². The molecule has 1 aliphatic heterocycles. The van der Waals surface area contributed by atoms with Gasteiger partial charge in [-0.25, -0.2) is 0 Å². The lowest BCUT2D eigenvalue weighted by atomic mass is 10.0. The van der Waals surface area contributed by atoms with E-state index in [0.29, 0.717) is 6.04 Å². The van der Waals surface area contributed by atoms with Crippen LogP contribution in [-0.2, 0) is 0 Å². The van der Waals surface area contributed by atoms with Gasteiger partial charge in [0.1, 0.15) is 0 Å². The van der Waals surface area contributed by atoms with Crippen LogP contribution in [0.4, 0.5) is 0 Å². The zero-order chi connectivity index (χ0) is 11.1. The van der Waals surface area contributed by atoms with Gasteiger partial charge in [-0.1, -0.05) is 23.7 Å². The van der Waals surface area contributed by atoms with Gasteiger partial charge in [0.2, 0.25) is 0 Å². The minimum Gasteiger partial charge on any atom is -0.326 e. The molecule has 1 aliphatic carbocycles. The van der Waals surface area contributed by atoms with Crippen LogP contribution < -0.4 is 5.73 Å². The first-order chi connectivity index (χ1) is 7.75. The minimum absolute atomic E-state index is 0.263. The average Bonchev–Trinajstić information content (AvgIpc) is 3.02. The van der Waals surface area contributed by atoms with E-state index in [9.17, 15) is 0 Å². The van der Waals surface area contributed by atoms with E-state index in [2.05, 4.69) is 17.0 Å². The Morgan fingerprint density at radius 2 is 2.06 bits per heavy atom. The molecule has 0 amide bonds. The quantitative estimate of drug-likeness (QED) is 0.855. The molecule has 1 aromatic carbocycles. The van der Waals surface area contributed by atoms with E-state index < -0.39 is 0 Å². The van der Waals surface area contributed by atoms with E-state index in [0.717, 1.165) is 24.0 Å². The molecule has 2 unspecified atom stereocenters. The van der Waals surface area contributed by atoms with Crippen LogP contribution in [0.1, 0.15) is 30.9 Å². The van der Waals surface area contributed by atoms with Crippen LogP contribution in [0.15, 0.2) is 24.3 Å². The Morgan fingerprint density at radius 3 is 2.75 bits per heavy atom. The third-order valence-electron chi connectivity index (χ3n) is 3.69. The molecule has 0 radical (unpaired) electrons. The lowest BCUT2D eigenvalue weighted by molar-refractivity contribution is 0.237. The predicted molar refractivity (Wildman–Crippen MR) is 66.5 cm³/mol. The van der Waals surface area contributed by atoms with Crippen molar-refractivity contribution < 1.29 is 0 Å². The van der Waals surface area contributed by atoms with Crippen molar-refractivity contribution in [3.63, 3.8) is 0 Å². The second-order valence-corrected chi connectivity index (χ2v) is 5.36. The smallest absolute Gasteiger partial charge is 0.0503 e. The Hall–Kier alpha value is -0.570. The van der Waals surface area contributed by atoms with E-state index in [1.54, 1.807) is 0 Å². The zero-order valence-electron chi connectivity index (χ0n) is 9.27. The number of hydrogen-bond donors (Lipinski definition) is 1. The van der Waals surface area contributed by atoms with E-state index in [1.807, 2.05) is 12.1 Å². The lowest BCUT2D eigenvalue weighted by Gasteiger charge is -2.27. The summed E-state index contributed by atoms with van der Waals surface area (Å²) >= 11 is 6.05. The first-order valence-corrected chi connectivity index (χ1v) is 6.40. The summed E-state index contributed by atoms with van der Waals surface area (Å²) in [7, 11) is 0. The molecule has 1 heterocycles. The van der Waals surface area contributed by atoms with Gasteiger partial charge in [0.15, 0.2) is 0 Å². The monoisotopic (exact) mass is 236 g/mol. The van der Waals surface area contributed by atoms with Crippen LogP contribution >= 0.6 is 11.6 Å². The van der Waals surface area contributed by atoms with E-state index in [1.165, 1.54) is 18.4 Å². The first-order valence-electron chi connectivity index (χ1n) is 6.02. The van der Waals surface area contributed by atoms with Crippen molar-refractivity contribution in [2.24, 2.45) is 5.73 Å². The normalized spacial score (nSPS) is 30.9. The molecule has 3 heteroatoms. The largest absolute Gasteiger partial charge is 0.326 e. The summed E-state index contributed by atoms with van der Waals surface area (Å²) in [6.45, 7) is 1.14. The van der Waals surface area contributed by atoms with Gasteiger partial charge < -0.3 is 5.73 Å². The summed E-state index contributed by atoms with van der Waals surface area (Å²) in [6.07, 6.45) is 3.78. The molecule has 1 aromatic rings. The summed E-state index contributed by atoms with van der Waals surface area (Å²) in [6, 6.07) is 9.58. The maximum atomic E-state index is 6.23. The lowest BCUT2D eigenvalue weighted by Crippen LogP contribution is -2.33. The van der Waals surface area contributed by atoms with Crippen molar-refractivity contribution >= 4 is 11.6 Å². The van der Waals surface area contributed by atoms with Crippen LogP contribution in [0.25, 0.3) is 0 Å². The number of benzene rings is 1. The molecule has 2 nitrogen and oxygen atoms in total. The summed E-state index contributed by atoms with van der Waals surface area (Å²) < 4.78 is 0. The highest BCUT2D eigenvalue weighted by atomic mass is 35.5. The van der Waals surface area contributed by atoms with Crippen LogP contribution in [-0.4, -0.2) is 23.5 Å². The van der Waals surface area contributed by atoms with Gasteiger partial charge in [0, 0.05) is 23.7 Å². The molecule has 0 bridgehead atoms. The Balaban J connectivity index is 1.90. The summed E-state index contributed by atoms with van der Waals surface area (Å²) in [5.74, 6) is 0. The molecule has 3 rings (SSSR count). The molecule has 86 valence electrons. The third kappa shape index (κ3) is 1.86.